The lowest BCUT2D eigenvalue weighted by atomic mass is 9.83. The molecule has 0 unspecified atom stereocenters. The number of nitrogens with zero attached hydrogens (tertiary/aromatic N) is 2. The topological polar surface area (TPSA) is 171 Å². The van der Waals surface area contributed by atoms with Crippen LogP contribution in [0, 0.1) is 0 Å². The van der Waals surface area contributed by atoms with Crippen molar-refractivity contribution in [3.05, 3.63) is 99.1 Å². The van der Waals surface area contributed by atoms with Crippen LogP contribution >= 0.6 is 0 Å². The van der Waals surface area contributed by atoms with Crippen molar-refractivity contribution in [2.75, 3.05) is 23.0 Å². The summed E-state index contributed by atoms with van der Waals surface area (Å²) in [4.78, 5) is 19.4. The number of likely N-dealkylation sites (N-methyl/N-ethyl adjacent to an activating group) is 1. The van der Waals surface area contributed by atoms with Gasteiger partial charge in [-0.05, 0) is 69.5 Å². The number of hydrogen-bond donors (Lipinski definition) is 3. The molecule has 0 atom stereocenters. The highest BCUT2D eigenvalue weighted by molar-refractivity contribution is 7.86. The molecule has 0 fully saturated rings. The third-order valence-corrected chi connectivity index (χ3v) is 9.87. The van der Waals surface area contributed by atoms with E-state index in [0.717, 1.165) is 0 Å². The summed E-state index contributed by atoms with van der Waals surface area (Å²) < 4.78 is 74.7. The van der Waals surface area contributed by atoms with Gasteiger partial charge in [-0.15, -0.1) is 0 Å². The van der Waals surface area contributed by atoms with Gasteiger partial charge in [0.25, 0.3) is 20.2 Å². The van der Waals surface area contributed by atoms with E-state index in [9.17, 15) is 35.8 Å². The van der Waals surface area contributed by atoms with E-state index in [4.69, 9.17) is 9.73 Å². The van der Waals surface area contributed by atoms with Crippen LogP contribution in [0.5, 0.6) is 11.5 Å². The zero-order valence-electron chi connectivity index (χ0n) is 26.4. The number of ether oxygens (including phenoxy) is 1. The second-order valence-electron chi connectivity index (χ2n) is 13.0. The quantitative estimate of drug-likeness (QED) is 0.239. The minimum absolute atomic E-state index is 0.00119. The SMILES string of the molecule is CCN1c2cc3c(cc2C(CS(=O)(=O)O)=CC1(C)C)C(c1ccccc1C(=O)O)=c1cc2c(cc1O3)=NC(C)(C)C=C2CS(=O)(=O)O. The maximum atomic E-state index is 12.5. The van der Waals surface area contributed by atoms with Crippen LogP contribution in [-0.2, 0) is 20.2 Å². The van der Waals surface area contributed by atoms with E-state index < -0.39 is 48.8 Å². The van der Waals surface area contributed by atoms with Crippen molar-refractivity contribution in [2.24, 2.45) is 4.99 Å². The highest BCUT2D eigenvalue weighted by atomic mass is 32.2. The van der Waals surface area contributed by atoms with E-state index in [1.54, 1.807) is 68.5 Å². The molecule has 246 valence electrons. The third-order valence-electron chi connectivity index (χ3n) is 8.52. The van der Waals surface area contributed by atoms with Gasteiger partial charge in [-0.25, -0.2) is 4.79 Å². The standard InChI is InChI=1S/C34H34N2O9S2/c1-6-36-28-14-30-26(12-24(28)20(16-34(36,4)5)18-47(42,43)44)31(21-9-7-8-10-22(21)32(37)38)25-11-23-19(17-46(39,40)41)15-33(2,3)35-27(23)13-29(25)45-30/h7-16H,6,17-18H2,1-5H3,(H,37,38)(H,39,40,41)(H,42,43,44). The fourth-order valence-electron chi connectivity index (χ4n) is 6.92. The first-order valence-corrected chi connectivity index (χ1v) is 18.1. The fraction of sp³-hybridized carbons (Fsp3) is 0.294. The number of carboxylic acids is 1. The van der Waals surface area contributed by atoms with Gasteiger partial charge in [0.2, 0.25) is 0 Å². The minimum atomic E-state index is -4.43. The molecule has 0 spiro atoms. The summed E-state index contributed by atoms with van der Waals surface area (Å²) in [6.45, 7) is 10.0. The summed E-state index contributed by atoms with van der Waals surface area (Å²) in [6.07, 6.45) is 3.47. The lowest BCUT2D eigenvalue weighted by Gasteiger charge is -2.43. The Morgan fingerprint density at radius 3 is 2.09 bits per heavy atom. The number of carbonyl (C=O) groups is 1. The molecule has 0 aliphatic carbocycles. The first-order valence-electron chi connectivity index (χ1n) is 14.9. The molecule has 13 heteroatoms. The Morgan fingerprint density at radius 1 is 0.830 bits per heavy atom. The molecule has 3 aliphatic rings. The predicted octanol–water partition coefficient (Wildman–Crippen LogP) is 4.31. The van der Waals surface area contributed by atoms with Gasteiger partial charge in [-0.3, -0.25) is 14.1 Å². The van der Waals surface area contributed by atoms with E-state index >= 15 is 0 Å². The fourth-order valence-corrected chi connectivity index (χ4v) is 8.18. The van der Waals surface area contributed by atoms with Gasteiger partial charge in [-0.1, -0.05) is 30.4 Å². The Kier molecular flexibility index (Phi) is 7.55. The van der Waals surface area contributed by atoms with Gasteiger partial charge in [0.15, 0.2) is 0 Å². The highest BCUT2D eigenvalue weighted by Crippen LogP contribution is 2.47. The Bertz CT molecular complexity index is 2300. The molecule has 0 aromatic heterocycles. The molecular formula is C34H34N2O9S2. The Morgan fingerprint density at radius 2 is 1.47 bits per heavy atom. The molecule has 3 aliphatic heterocycles. The van der Waals surface area contributed by atoms with E-state index in [2.05, 4.69) is 4.90 Å². The lowest BCUT2D eigenvalue weighted by molar-refractivity contribution is 0.0696. The second kappa shape index (κ2) is 10.9. The zero-order chi connectivity index (χ0) is 34.3. The number of rotatable bonds is 7. The molecule has 0 radical (unpaired) electrons. The molecular weight excluding hydrogens is 645 g/mol. The Hall–Kier alpha value is -4.30. The highest BCUT2D eigenvalue weighted by Gasteiger charge is 2.36. The van der Waals surface area contributed by atoms with Crippen LogP contribution in [-0.4, -0.2) is 66.1 Å². The lowest BCUT2D eigenvalue weighted by Crippen LogP contribution is -2.45. The number of anilines is 1. The van der Waals surface area contributed by atoms with Crippen molar-refractivity contribution in [1.29, 1.82) is 0 Å². The molecule has 6 rings (SSSR count). The average molecular weight is 679 g/mol. The maximum Gasteiger partial charge on any atom is 0.336 e. The molecule has 3 aromatic rings. The summed E-state index contributed by atoms with van der Waals surface area (Å²) in [5.41, 5.74) is 2.20. The largest absolute Gasteiger partial charge is 0.478 e. The predicted molar refractivity (Wildman–Crippen MR) is 179 cm³/mol. The molecule has 3 heterocycles. The zero-order valence-corrected chi connectivity index (χ0v) is 28.0. The van der Waals surface area contributed by atoms with Gasteiger partial charge >= 0.3 is 5.97 Å². The Labute approximate surface area is 272 Å². The number of fused-ring (bicyclic) bond motifs is 4. The summed E-state index contributed by atoms with van der Waals surface area (Å²) in [5, 5.41) is 11.1. The van der Waals surface area contributed by atoms with Crippen molar-refractivity contribution in [2.45, 2.75) is 45.7 Å². The summed E-state index contributed by atoms with van der Waals surface area (Å²) in [6, 6.07) is 13.4. The monoisotopic (exact) mass is 678 g/mol. The number of carboxylic acid groups (broad SMARTS) is 1. The molecule has 3 aromatic carbocycles. The van der Waals surface area contributed by atoms with Crippen molar-refractivity contribution in [1.82, 2.24) is 0 Å². The number of aromatic carboxylic acids is 1. The number of benzene rings is 3. The maximum absolute atomic E-state index is 12.5. The summed E-state index contributed by atoms with van der Waals surface area (Å²) in [5.74, 6) is -1.72. The summed E-state index contributed by atoms with van der Waals surface area (Å²) >= 11 is 0. The van der Waals surface area contributed by atoms with Gasteiger partial charge in [-0.2, -0.15) is 16.8 Å². The van der Waals surface area contributed by atoms with Crippen LogP contribution in [0.4, 0.5) is 5.69 Å². The van der Waals surface area contributed by atoms with E-state index in [-0.39, 0.29) is 5.56 Å². The molecule has 11 nitrogen and oxygen atoms in total. The van der Waals surface area contributed by atoms with Crippen LogP contribution < -0.4 is 20.2 Å². The van der Waals surface area contributed by atoms with E-state index in [0.29, 0.717) is 73.3 Å². The molecule has 0 bridgehead atoms. The molecule has 47 heavy (non-hydrogen) atoms. The van der Waals surface area contributed by atoms with Crippen LogP contribution in [0.2, 0.25) is 0 Å². The number of hydrogen-bond acceptors (Lipinski definition) is 8. The van der Waals surface area contributed by atoms with Crippen LogP contribution in [0.3, 0.4) is 0 Å². The van der Waals surface area contributed by atoms with Crippen molar-refractivity contribution in [3.8, 4) is 11.5 Å². The second-order valence-corrected chi connectivity index (χ2v) is 15.9. The van der Waals surface area contributed by atoms with Crippen LogP contribution in [0.1, 0.15) is 67.2 Å². The molecule has 3 N–H and O–H groups in total. The molecule has 0 saturated carbocycles. The minimum Gasteiger partial charge on any atom is -0.478 e. The van der Waals surface area contributed by atoms with Gasteiger partial charge in [0, 0.05) is 51.8 Å². The normalized spacial score (nSPS) is 17.6. The average Bonchev–Trinajstić information content (AvgIpc) is 2.92. The van der Waals surface area contributed by atoms with Crippen LogP contribution in [0.15, 0.2) is 65.7 Å². The molecule has 0 saturated heterocycles. The first kappa shape index (κ1) is 32.6. The van der Waals surface area contributed by atoms with Gasteiger partial charge in [0.1, 0.15) is 23.0 Å². The summed E-state index contributed by atoms with van der Waals surface area (Å²) in [7, 11) is -8.85. The van der Waals surface area contributed by atoms with E-state index in [1.807, 2.05) is 20.8 Å². The molecule has 0 amide bonds. The van der Waals surface area contributed by atoms with E-state index in [1.165, 1.54) is 6.07 Å². The first-order chi connectivity index (χ1) is 21.8. The Balaban J connectivity index is 1.75. The van der Waals surface area contributed by atoms with Gasteiger partial charge < -0.3 is 14.7 Å². The van der Waals surface area contributed by atoms with Crippen molar-refractivity contribution < 1.29 is 40.6 Å². The van der Waals surface area contributed by atoms with Gasteiger partial charge in [0.05, 0.1) is 22.0 Å². The third kappa shape index (κ3) is 6.11. The smallest absolute Gasteiger partial charge is 0.336 e. The van der Waals surface area contributed by atoms with Crippen molar-refractivity contribution in [3.63, 3.8) is 0 Å². The van der Waals surface area contributed by atoms with Crippen molar-refractivity contribution >= 4 is 48.6 Å². The van der Waals surface area contributed by atoms with Crippen LogP contribution in [0.25, 0.3) is 16.7 Å².